The second-order valence-electron chi connectivity index (χ2n) is 7.02. The summed E-state index contributed by atoms with van der Waals surface area (Å²) in [5, 5.41) is 10.1. The first-order chi connectivity index (χ1) is 14.0. The van der Waals surface area contributed by atoms with Crippen LogP contribution in [0.4, 0.5) is 0 Å². The van der Waals surface area contributed by atoms with Gasteiger partial charge >= 0.3 is 0 Å². The van der Waals surface area contributed by atoms with Gasteiger partial charge in [-0.15, -0.1) is 35.3 Å². The minimum atomic E-state index is 0. The molecule has 0 aliphatic carbocycles. The maximum absolute atomic E-state index is 5.74. The summed E-state index contributed by atoms with van der Waals surface area (Å²) >= 11 is 1.73. The molecule has 0 saturated carbocycles. The van der Waals surface area contributed by atoms with Crippen molar-refractivity contribution in [1.29, 1.82) is 0 Å². The Morgan fingerprint density at radius 2 is 1.83 bits per heavy atom. The van der Waals surface area contributed by atoms with Gasteiger partial charge in [-0.1, -0.05) is 19.9 Å². The zero-order valence-electron chi connectivity index (χ0n) is 18.8. The molecule has 0 saturated heterocycles. The van der Waals surface area contributed by atoms with E-state index in [-0.39, 0.29) is 30.0 Å². The van der Waals surface area contributed by atoms with Crippen molar-refractivity contribution in [2.24, 2.45) is 4.99 Å². The van der Waals surface area contributed by atoms with Crippen LogP contribution in [-0.4, -0.2) is 37.7 Å². The number of aliphatic imine (C=N–C) groups is 1. The molecule has 1 heterocycles. The average molecular weight is 547 g/mol. The van der Waals surface area contributed by atoms with Gasteiger partial charge in [-0.3, -0.25) is 4.99 Å². The predicted molar refractivity (Wildman–Crippen MR) is 137 cm³/mol. The summed E-state index contributed by atoms with van der Waals surface area (Å²) in [5.74, 6) is 2.79. The molecule has 1 unspecified atom stereocenters. The molecule has 8 heteroatoms. The molecular weight excluding hydrogens is 511 g/mol. The zero-order chi connectivity index (χ0) is 21.2. The SMILES string of the molecule is CCOc1ccc(C(C)NC(=NC)NCCc2csc(C(C)C)n2)cc1OCC.I. The van der Waals surface area contributed by atoms with Gasteiger partial charge in [0.25, 0.3) is 0 Å². The average Bonchev–Trinajstić information content (AvgIpc) is 3.18. The largest absolute Gasteiger partial charge is 0.490 e. The molecule has 2 rings (SSSR count). The lowest BCUT2D eigenvalue weighted by Gasteiger charge is -2.20. The van der Waals surface area contributed by atoms with Crippen molar-refractivity contribution in [2.45, 2.75) is 53.0 Å². The molecule has 0 aliphatic heterocycles. The lowest BCUT2D eigenvalue weighted by Crippen LogP contribution is -2.39. The van der Waals surface area contributed by atoms with Gasteiger partial charge in [0.15, 0.2) is 17.5 Å². The molecule has 1 aromatic heterocycles. The Morgan fingerprint density at radius 1 is 1.13 bits per heavy atom. The van der Waals surface area contributed by atoms with Gasteiger partial charge in [0, 0.05) is 31.3 Å². The molecule has 0 fully saturated rings. The third kappa shape index (κ3) is 7.94. The van der Waals surface area contributed by atoms with E-state index >= 15 is 0 Å². The molecule has 2 aromatic rings. The van der Waals surface area contributed by atoms with Crippen LogP contribution in [0.1, 0.15) is 62.8 Å². The van der Waals surface area contributed by atoms with Crippen molar-refractivity contribution < 1.29 is 9.47 Å². The van der Waals surface area contributed by atoms with Crippen molar-refractivity contribution in [2.75, 3.05) is 26.8 Å². The fourth-order valence-corrected chi connectivity index (χ4v) is 3.70. The predicted octanol–water partition coefficient (Wildman–Crippen LogP) is 5.15. The number of halogens is 1. The molecule has 0 amide bonds. The van der Waals surface area contributed by atoms with E-state index in [0.717, 1.165) is 41.7 Å². The third-order valence-electron chi connectivity index (χ3n) is 4.38. The van der Waals surface area contributed by atoms with Gasteiger partial charge in [-0.05, 0) is 38.5 Å². The van der Waals surface area contributed by atoms with Crippen molar-refractivity contribution in [3.8, 4) is 11.5 Å². The van der Waals surface area contributed by atoms with E-state index in [9.17, 15) is 0 Å². The number of hydrogen-bond acceptors (Lipinski definition) is 5. The summed E-state index contributed by atoms with van der Waals surface area (Å²) in [4.78, 5) is 9.03. The number of nitrogens with zero attached hydrogens (tertiary/aromatic N) is 2. The highest BCUT2D eigenvalue weighted by molar-refractivity contribution is 14.0. The lowest BCUT2D eigenvalue weighted by molar-refractivity contribution is 0.287. The number of aromatic nitrogens is 1. The van der Waals surface area contributed by atoms with Crippen LogP contribution >= 0.6 is 35.3 Å². The fraction of sp³-hybridized carbons (Fsp3) is 0.545. The third-order valence-corrected chi connectivity index (χ3v) is 5.58. The molecule has 0 bridgehead atoms. The Hall–Kier alpha value is -1.55. The van der Waals surface area contributed by atoms with Gasteiger partial charge in [0.1, 0.15) is 0 Å². The maximum atomic E-state index is 5.74. The molecule has 30 heavy (non-hydrogen) atoms. The second-order valence-corrected chi connectivity index (χ2v) is 7.91. The monoisotopic (exact) mass is 546 g/mol. The smallest absolute Gasteiger partial charge is 0.191 e. The first kappa shape index (κ1) is 26.5. The van der Waals surface area contributed by atoms with Crippen LogP contribution in [0.2, 0.25) is 0 Å². The molecule has 6 nitrogen and oxygen atoms in total. The number of hydrogen-bond donors (Lipinski definition) is 2. The number of ether oxygens (including phenoxy) is 2. The Labute approximate surface area is 201 Å². The summed E-state index contributed by atoms with van der Waals surface area (Å²) in [7, 11) is 1.78. The van der Waals surface area contributed by atoms with Crippen LogP contribution in [0.15, 0.2) is 28.6 Å². The highest BCUT2D eigenvalue weighted by Gasteiger charge is 2.13. The number of nitrogens with one attached hydrogen (secondary N) is 2. The van der Waals surface area contributed by atoms with Gasteiger partial charge in [0.05, 0.1) is 30.0 Å². The highest BCUT2D eigenvalue weighted by Crippen LogP contribution is 2.30. The zero-order valence-corrected chi connectivity index (χ0v) is 22.0. The first-order valence-corrected chi connectivity index (χ1v) is 11.2. The molecule has 1 atom stereocenters. The normalized spacial score (nSPS) is 12.3. The minimum Gasteiger partial charge on any atom is -0.490 e. The van der Waals surface area contributed by atoms with E-state index < -0.39 is 0 Å². The van der Waals surface area contributed by atoms with Crippen molar-refractivity contribution in [3.63, 3.8) is 0 Å². The summed E-state index contributed by atoms with van der Waals surface area (Å²) in [6.45, 7) is 12.4. The van der Waals surface area contributed by atoms with Crippen LogP contribution < -0.4 is 20.1 Å². The van der Waals surface area contributed by atoms with Gasteiger partial charge in [0.2, 0.25) is 0 Å². The maximum Gasteiger partial charge on any atom is 0.191 e. The van der Waals surface area contributed by atoms with Gasteiger partial charge < -0.3 is 20.1 Å². The van der Waals surface area contributed by atoms with E-state index in [1.54, 1.807) is 18.4 Å². The van der Waals surface area contributed by atoms with Gasteiger partial charge in [-0.25, -0.2) is 4.98 Å². The summed E-state index contributed by atoms with van der Waals surface area (Å²) in [6.07, 6.45) is 0.871. The Balaban J connectivity index is 0.00000450. The standard InChI is InChI=1S/C22H34N4O2S.HI/c1-7-27-19-10-9-17(13-20(19)28-8-2)16(5)25-22(23-6)24-12-11-18-14-29-21(26-18)15(3)4;/h9-10,13-16H,7-8,11-12H2,1-6H3,(H2,23,24,25);1H. The molecule has 0 spiro atoms. The quantitative estimate of drug-likeness (QED) is 0.245. The number of guanidine groups is 1. The van der Waals surface area contributed by atoms with Crippen molar-refractivity contribution in [3.05, 3.63) is 39.8 Å². The van der Waals surface area contributed by atoms with Crippen LogP contribution in [0.25, 0.3) is 0 Å². The Bertz CT molecular complexity index is 795. The summed E-state index contributed by atoms with van der Waals surface area (Å²) in [6, 6.07) is 6.12. The fourth-order valence-electron chi connectivity index (χ4n) is 2.83. The van der Waals surface area contributed by atoms with Crippen LogP contribution in [0, 0.1) is 0 Å². The molecule has 168 valence electrons. The second kappa shape index (κ2) is 13.7. The molecule has 1 aromatic carbocycles. The topological polar surface area (TPSA) is 67.8 Å². The molecule has 2 N–H and O–H groups in total. The van der Waals surface area contributed by atoms with Gasteiger partial charge in [-0.2, -0.15) is 0 Å². The number of rotatable bonds is 10. The van der Waals surface area contributed by atoms with Crippen LogP contribution in [0.3, 0.4) is 0 Å². The van der Waals surface area contributed by atoms with E-state index in [4.69, 9.17) is 9.47 Å². The lowest BCUT2D eigenvalue weighted by atomic mass is 10.1. The minimum absolute atomic E-state index is 0. The van der Waals surface area contributed by atoms with Crippen LogP contribution in [-0.2, 0) is 6.42 Å². The molecule has 0 radical (unpaired) electrons. The highest BCUT2D eigenvalue weighted by atomic mass is 127. The van der Waals surface area contributed by atoms with E-state index in [1.807, 2.05) is 26.0 Å². The molecule has 0 aliphatic rings. The van der Waals surface area contributed by atoms with E-state index in [0.29, 0.717) is 19.1 Å². The summed E-state index contributed by atoms with van der Waals surface area (Å²) < 4.78 is 11.4. The van der Waals surface area contributed by atoms with E-state index in [1.165, 1.54) is 5.01 Å². The Kier molecular flexibility index (Phi) is 12.1. The van der Waals surface area contributed by atoms with Crippen molar-refractivity contribution in [1.82, 2.24) is 15.6 Å². The first-order valence-electron chi connectivity index (χ1n) is 10.3. The Morgan fingerprint density at radius 3 is 2.43 bits per heavy atom. The summed E-state index contributed by atoms with van der Waals surface area (Å²) in [5.41, 5.74) is 2.24. The number of benzene rings is 1. The molecular formula is C22H35IN4O2S. The van der Waals surface area contributed by atoms with Crippen molar-refractivity contribution >= 4 is 41.3 Å². The van der Waals surface area contributed by atoms with Crippen LogP contribution in [0.5, 0.6) is 11.5 Å². The van der Waals surface area contributed by atoms with E-state index in [2.05, 4.69) is 52.8 Å². The number of thiazole rings is 1.